The minimum atomic E-state index is 0.546. The summed E-state index contributed by atoms with van der Waals surface area (Å²) < 4.78 is 11.5. The van der Waals surface area contributed by atoms with Crippen LogP contribution in [0.3, 0.4) is 0 Å². The van der Waals surface area contributed by atoms with E-state index in [1.807, 2.05) is 54.6 Å². The number of fused-ring (bicyclic) bond motifs is 1. The van der Waals surface area contributed by atoms with Gasteiger partial charge >= 0.3 is 0 Å². The second kappa shape index (κ2) is 8.22. The van der Waals surface area contributed by atoms with Crippen LogP contribution in [0.2, 0.25) is 5.02 Å². The van der Waals surface area contributed by atoms with Crippen molar-refractivity contribution in [2.75, 3.05) is 12.5 Å². The van der Waals surface area contributed by atoms with E-state index in [2.05, 4.69) is 4.98 Å². The maximum absolute atomic E-state index is 6.26. The van der Waals surface area contributed by atoms with E-state index in [1.54, 1.807) is 0 Å². The Bertz CT molecular complexity index is 809. The normalized spacial score (nSPS) is 11.4. The van der Waals surface area contributed by atoms with Gasteiger partial charge in [-0.2, -0.15) is 0 Å². The first-order valence-electron chi connectivity index (χ1n) is 7.79. The first-order chi connectivity index (χ1) is 11.8. The van der Waals surface area contributed by atoms with E-state index in [1.165, 1.54) is 0 Å². The molecule has 2 aromatic carbocycles. The summed E-state index contributed by atoms with van der Waals surface area (Å²) in [6.45, 7) is 0.584. The molecular weight excluding hydrogens is 345 g/mol. The molecule has 1 heterocycles. The van der Waals surface area contributed by atoms with E-state index in [0.717, 1.165) is 29.5 Å². The van der Waals surface area contributed by atoms with Crippen LogP contribution in [0, 0.1) is 0 Å². The molecule has 3 rings (SSSR count). The Hall–Kier alpha value is -1.97. The number of rotatable bonds is 7. The topological polar surface area (TPSA) is 35.3 Å². The van der Waals surface area contributed by atoms with Gasteiger partial charge in [-0.05, 0) is 37.1 Å². The summed E-state index contributed by atoms with van der Waals surface area (Å²) in [4.78, 5) is 4.42. The lowest BCUT2D eigenvalue weighted by molar-refractivity contribution is 0.309. The van der Waals surface area contributed by atoms with E-state index in [9.17, 15) is 0 Å². The van der Waals surface area contributed by atoms with Crippen molar-refractivity contribution >= 4 is 46.5 Å². The molecule has 0 atom stereocenters. The molecule has 1 aromatic heterocycles. The molecule has 0 N–H and O–H groups in total. The van der Waals surface area contributed by atoms with Gasteiger partial charge in [-0.3, -0.25) is 0 Å². The van der Waals surface area contributed by atoms with E-state index in [4.69, 9.17) is 32.4 Å². The third kappa shape index (κ3) is 4.11. The maximum Gasteiger partial charge on any atom is 0.220 e. The number of benzene rings is 2. The second-order valence-electron chi connectivity index (χ2n) is 5.26. The van der Waals surface area contributed by atoms with Crippen LogP contribution in [0.25, 0.3) is 23.3 Å². The van der Waals surface area contributed by atoms with Gasteiger partial charge in [-0.25, -0.2) is 4.98 Å². The summed E-state index contributed by atoms with van der Waals surface area (Å²) in [5.74, 6) is 1.85. The molecule has 0 saturated carbocycles. The van der Waals surface area contributed by atoms with Crippen LogP contribution < -0.4 is 4.74 Å². The van der Waals surface area contributed by atoms with Crippen molar-refractivity contribution in [3.8, 4) is 5.75 Å². The molecule has 5 heteroatoms. The summed E-state index contributed by atoms with van der Waals surface area (Å²) in [5, 5.41) is 0.584. The number of hydrogen-bond acceptors (Lipinski definition) is 3. The molecule has 0 saturated heterocycles. The Balaban J connectivity index is 1.79. The molecule has 0 unspecified atom stereocenters. The van der Waals surface area contributed by atoms with Crippen LogP contribution in [-0.4, -0.2) is 17.5 Å². The Labute approximate surface area is 150 Å². The Morgan fingerprint density at radius 3 is 2.75 bits per heavy atom. The molecule has 0 amide bonds. The average Bonchev–Trinajstić information content (AvgIpc) is 3.01. The first-order valence-corrected chi connectivity index (χ1v) is 8.70. The minimum Gasteiger partial charge on any atom is -0.491 e. The Morgan fingerprint density at radius 2 is 1.92 bits per heavy atom. The predicted octanol–water partition coefficient (Wildman–Crippen LogP) is 6.05. The molecule has 3 aromatic rings. The van der Waals surface area contributed by atoms with E-state index in [-0.39, 0.29) is 0 Å². The Morgan fingerprint density at radius 1 is 1.04 bits per heavy atom. The van der Waals surface area contributed by atoms with E-state index in [0.29, 0.717) is 29.1 Å². The standard InChI is InChI=1S/C19H17Cl2NO2/c20-12-3-4-13-23-19-14(6-5-7-15(19)21)10-11-18-22-16-8-1-2-9-17(16)24-18/h1-2,5-11H,3-4,12-13H2. The molecule has 0 aliphatic rings. The van der Waals surface area contributed by atoms with Crippen LogP contribution in [0.4, 0.5) is 0 Å². The number of unbranched alkanes of at least 4 members (excludes halogenated alkanes) is 1. The third-order valence-electron chi connectivity index (χ3n) is 3.49. The summed E-state index contributed by atoms with van der Waals surface area (Å²) in [7, 11) is 0. The van der Waals surface area contributed by atoms with Crippen LogP contribution in [0.15, 0.2) is 46.9 Å². The lowest BCUT2D eigenvalue weighted by atomic mass is 10.2. The van der Waals surface area contributed by atoms with Crippen molar-refractivity contribution < 1.29 is 9.15 Å². The number of para-hydroxylation sites is 3. The minimum absolute atomic E-state index is 0.546. The van der Waals surface area contributed by atoms with Gasteiger partial charge in [0.05, 0.1) is 11.6 Å². The van der Waals surface area contributed by atoms with Crippen molar-refractivity contribution in [2.24, 2.45) is 0 Å². The molecule has 0 aliphatic heterocycles. The summed E-state index contributed by atoms with van der Waals surface area (Å²) in [5.41, 5.74) is 2.48. The van der Waals surface area contributed by atoms with Crippen molar-refractivity contribution in [3.63, 3.8) is 0 Å². The zero-order valence-corrected chi connectivity index (χ0v) is 14.6. The zero-order chi connectivity index (χ0) is 16.8. The lowest BCUT2D eigenvalue weighted by Gasteiger charge is -2.10. The number of alkyl halides is 1. The lowest BCUT2D eigenvalue weighted by Crippen LogP contribution is -1.99. The highest BCUT2D eigenvalue weighted by molar-refractivity contribution is 6.32. The number of halogens is 2. The molecule has 0 radical (unpaired) electrons. The van der Waals surface area contributed by atoms with E-state index >= 15 is 0 Å². The highest BCUT2D eigenvalue weighted by Crippen LogP contribution is 2.30. The number of aromatic nitrogens is 1. The summed E-state index contributed by atoms with van der Waals surface area (Å²) in [6.07, 6.45) is 5.52. The fraction of sp³-hybridized carbons (Fsp3) is 0.211. The molecule has 0 aliphatic carbocycles. The fourth-order valence-electron chi connectivity index (χ4n) is 2.30. The van der Waals surface area contributed by atoms with Crippen molar-refractivity contribution in [1.29, 1.82) is 0 Å². The predicted molar refractivity (Wildman–Crippen MR) is 99.8 cm³/mol. The van der Waals surface area contributed by atoms with Crippen LogP contribution >= 0.6 is 23.2 Å². The monoisotopic (exact) mass is 361 g/mol. The van der Waals surface area contributed by atoms with Gasteiger partial charge in [0.2, 0.25) is 5.89 Å². The largest absolute Gasteiger partial charge is 0.491 e. The summed E-state index contributed by atoms with van der Waals surface area (Å²) in [6, 6.07) is 13.3. The highest BCUT2D eigenvalue weighted by Gasteiger charge is 2.07. The van der Waals surface area contributed by atoms with Gasteiger partial charge in [0.25, 0.3) is 0 Å². The van der Waals surface area contributed by atoms with Gasteiger partial charge in [0.1, 0.15) is 11.3 Å². The molecule has 3 nitrogen and oxygen atoms in total. The van der Waals surface area contributed by atoms with Crippen LogP contribution in [-0.2, 0) is 0 Å². The van der Waals surface area contributed by atoms with Gasteiger partial charge in [0.15, 0.2) is 5.58 Å². The smallest absolute Gasteiger partial charge is 0.220 e. The number of hydrogen-bond donors (Lipinski definition) is 0. The van der Waals surface area contributed by atoms with Crippen molar-refractivity contribution in [3.05, 3.63) is 58.9 Å². The van der Waals surface area contributed by atoms with Crippen molar-refractivity contribution in [1.82, 2.24) is 4.98 Å². The molecule has 124 valence electrons. The fourth-order valence-corrected chi connectivity index (χ4v) is 2.73. The number of ether oxygens (including phenoxy) is 1. The quantitative estimate of drug-likeness (QED) is 0.379. The van der Waals surface area contributed by atoms with Gasteiger partial charge in [-0.15, -0.1) is 11.6 Å². The average molecular weight is 362 g/mol. The Kier molecular flexibility index (Phi) is 5.78. The highest BCUT2D eigenvalue weighted by atomic mass is 35.5. The van der Waals surface area contributed by atoms with E-state index < -0.39 is 0 Å². The molecule has 0 spiro atoms. The first kappa shape index (κ1) is 16.9. The number of oxazole rings is 1. The number of nitrogens with zero attached hydrogens (tertiary/aromatic N) is 1. The van der Waals surface area contributed by atoms with Crippen molar-refractivity contribution in [2.45, 2.75) is 12.8 Å². The third-order valence-corrected chi connectivity index (χ3v) is 4.05. The van der Waals surface area contributed by atoms with Gasteiger partial charge in [-0.1, -0.05) is 35.9 Å². The van der Waals surface area contributed by atoms with Gasteiger partial charge in [0, 0.05) is 17.5 Å². The molecule has 24 heavy (non-hydrogen) atoms. The molecular formula is C19H17Cl2NO2. The summed E-state index contributed by atoms with van der Waals surface area (Å²) >= 11 is 12.0. The second-order valence-corrected chi connectivity index (χ2v) is 6.04. The van der Waals surface area contributed by atoms with Crippen LogP contribution in [0.5, 0.6) is 5.75 Å². The van der Waals surface area contributed by atoms with Gasteiger partial charge < -0.3 is 9.15 Å². The SMILES string of the molecule is ClCCCCOc1c(Cl)cccc1C=Cc1nc2ccccc2o1. The zero-order valence-electron chi connectivity index (χ0n) is 13.0. The maximum atomic E-state index is 6.26. The molecule has 0 bridgehead atoms. The van der Waals surface area contributed by atoms with Crippen LogP contribution in [0.1, 0.15) is 24.3 Å². The molecule has 0 fully saturated rings.